The maximum absolute atomic E-state index is 12.5. The standard InChI is InChI=1S/C20H27N3O5S/c1-3-9-23(10-4-2)29(24,25)22-13-16-7-8-21-20(12-16)26-14-17-5-6-18-19(11-17)28-15-27-18/h5-8,11-12,22H,3-4,9-10,13-15H2,1-2H3. The minimum atomic E-state index is -3.52. The second-order valence-electron chi connectivity index (χ2n) is 6.70. The summed E-state index contributed by atoms with van der Waals surface area (Å²) in [6.07, 6.45) is 3.15. The van der Waals surface area contributed by atoms with Crippen LogP contribution in [0.3, 0.4) is 0 Å². The van der Waals surface area contributed by atoms with Crippen LogP contribution in [0.4, 0.5) is 0 Å². The Balaban J connectivity index is 1.58. The summed E-state index contributed by atoms with van der Waals surface area (Å²) >= 11 is 0. The summed E-state index contributed by atoms with van der Waals surface area (Å²) in [5.74, 6) is 1.85. The van der Waals surface area contributed by atoms with Crippen LogP contribution < -0.4 is 18.9 Å². The van der Waals surface area contributed by atoms with Gasteiger partial charge >= 0.3 is 0 Å². The van der Waals surface area contributed by atoms with E-state index < -0.39 is 10.2 Å². The van der Waals surface area contributed by atoms with Crippen LogP contribution in [0, 0.1) is 0 Å². The van der Waals surface area contributed by atoms with Crippen LogP contribution in [0.25, 0.3) is 0 Å². The third-order valence-corrected chi connectivity index (χ3v) is 5.92. The Morgan fingerprint density at radius 1 is 1.07 bits per heavy atom. The van der Waals surface area contributed by atoms with Crippen LogP contribution in [-0.2, 0) is 23.4 Å². The molecule has 1 aliphatic heterocycles. The number of fused-ring (bicyclic) bond motifs is 1. The highest BCUT2D eigenvalue weighted by Gasteiger charge is 2.19. The summed E-state index contributed by atoms with van der Waals surface area (Å²) in [6.45, 7) is 5.66. The van der Waals surface area contributed by atoms with Gasteiger partial charge in [0.1, 0.15) is 6.61 Å². The Bertz CT molecular complexity index is 914. The lowest BCUT2D eigenvalue weighted by Gasteiger charge is -2.21. The molecular weight excluding hydrogens is 394 g/mol. The van der Waals surface area contributed by atoms with Crippen molar-refractivity contribution in [3.63, 3.8) is 0 Å². The maximum atomic E-state index is 12.5. The van der Waals surface area contributed by atoms with Crippen LogP contribution in [0.5, 0.6) is 17.4 Å². The van der Waals surface area contributed by atoms with Gasteiger partial charge in [-0.3, -0.25) is 0 Å². The van der Waals surface area contributed by atoms with Crippen molar-refractivity contribution in [2.24, 2.45) is 0 Å². The molecule has 8 nitrogen and oxygen atoms in total. The van der Waals surface area contributed by atoms with Gasteiger partial charge in [-0.05, 0) is 42.2 Å². The number of pyridine rings is 1. The van der Waals surface area contributed by atoms with Gasteiger partial charge in [0.05, 0.1) is 0 Å². The molecule has 0 spiro atoms. The summed E-state index contributed by atoms with van der Waals surface area (Å²) in [4.78, 5) is 4.20. The van der Waals surface area contributed by atoms with E-state index in [2.05, 4.69) is 9.71 Å². The lowest BCUT2D eigenvalue weighted by atomic mass is 10.2. The van der Waals surface area contributed by atoms with Gasteiger partial charge in [-0.2, -0.15) is 17.4 Å². The first-order valence-corrected chi connectivity index (χ1v) is 11.2. The highest BCUT2D eigenvalue weighted by molar-refractivity contribution is 7.87. The number of hydrogen-bond donors (Lipinski definition) is 1. The smallest absolute Gasteiger partial charge is 0.279 e. The molecule has 1 aromatic carbocycles. The molecule has 1 N–H and O–H groups in total. The van der Waals surface area contributed by atoms with Crippen molar-refractivity contribution in [2.45, 2.75) is 39.8 Å². The summed E-state index contributed by atoms with van der Waals surface area (Å²) in [6, 6.07) is 9.12. The number of rotatable bonds is 11. The molecule has 0 atom stereocenters. The minimum Gasteiger partial charge on any atom is -0.473 e. The minimum absolute atomic E-state index is 0.176. The first-order chi connectivity index (χ1) is 14.0. The van der Waals surface area contributed by atoms with E-state index in [9.17, 15) is 8.42 Å². The average Bonchev–Trinajstić information content (AvgIpc) is 3.19. The van der Waals surface area contributed by atoms with Crippen LogP contribution in [0.1, 0.15) is 37.8 Å². The number of nitrogens with one attached hydrogen (secondary N) is 1. The molecular formula is C20H27N3O5S. The summed E-state index contributed by atoms with van der Waals surface area (Å²) < 4.78 is 45.6. The number of aromatic nitrogens is 1. The van der Waals surface area contributed by atoms with Crippen LogP contribution in [-0.4, -0.2) is 37.6 Å². The highest BCUT2D eigenvalue weighted by Crippen LogP contribution is 2.32. The quantitative estimate of drug-likeness (QED) is 0.600. The molecule has 0 radical (unpaired) electrons. The second kappa shape index (κ2) is 9.91. The fourth-order valence-corrected chi connectivity index (χ4v) is 4.32. The van der Waals surface area contributed by atoms with Gasteiger partial charge in [0.15, 0.2) is 11.5 Å². The zero-order valence-electron chi connectivity index (χ0n) is 16.8. The molecule has 2 aromatic rings. The van der Waals surface area contributed by atoms with Crippen molar-refractivity contribution in [3.05, 3.63) is 47.7 Å². The number of hydrogen-bond acceptors (Lipinski definition) is 6. The monoisotopic (exact) mass is 421 g/mol. The van der Waals surface area contributed by atoms with E-state index in [1.165, 1.54) is 4.31 Å². The zero-order valence-corrected chi connectivity index (χ0v) is 17.6. The fourth-order valence-electron chi connectivity index (χ4n) is 2.94. The Labute approximate surface area is 172 Å². The molecule has 0 fully saturated rings. The van der Waals surface area contributed by atoms with Gasteiger partial charge in [-0.25, -0.2) is 4.98 Å². The van der Waals surface area contributed by atoms with Crippen molar-refractivity contribution < 1.29 is 22.6 Å². The van der Waals surface area contributed by atoms with Gasteiger partial charge in [-0.1, -0.05) is 19.9 Å². The average molecular weight is 422 g/mol. The number of nitrogens with zero attached hydrogens (tertiary/aromatic N) is 2. The summed E-state index contributed by atoms with van der Waals surface area (Å²) in [5.41, 5.74) is 1.70. The van der Waals surface area contributed by atoms with E-state index in [1.54, 1.807) is 18.3 Å². The Kier molecular flexibility index (Phi) is 7.29. The third kappa shape index (κ3) is 5.81. The van der Waals surface area contributed by atoms with Gasteiger partial charge < -0.3 is 14.2 Å². The first kappa shape index (κ1) is 21.4. The first-order valence-electron chi connectivity index (χ1n) is 9.72. The van der Waals surface area contributed by atoms with Crippen molar-refractivity contribution in [1.29, 1.82) is 0 Å². The van der Waals surface area contributed by atoms with E-state index >= 15 is 0 Å². The van der Waals surface area contributed by atoms with Crippen LogP contribution in [0.2, 0.25) is 0 Å². The van der Waals surface area contributed by atoms with Crippen molar-refractivity contribution in [2.75, 3.05) is 19.9 Å². The molecule has 0 saturated carbocycles. The molecule has 0 aliphatic carbocycles. The molecule has 0 bridgehead atoms. The molecule has 9 heteroatoms. The molecule has 1 aromatic heterocycles. The fraction of sp³-hybridized carbons (Fsp3) is 0.450. The van der Waals surface area contributed by atoms with Gasteiger partial charge in [0.2, 0.25) is 12.7 Å². The second-order valence-corrected chi connectivity index (χ2v) is 8.46. The Hall–Kier alpha value is -2.36. The normalized spacial score (nSPS) is 13.1. The Morgan fingerprint density at radius 2 is 1.83 bits per heavy atom. The molecule has 1 aliphatic rings. The lowest BCUT2D eigenvalue weighted by molar-refractivity contribution is 0.174. The molecule has 0 unspecified atom stereocenters. The van der Waals surface area contributed by atoms with Crippen molar-refractivity contribution >= 4 is 10.2 Å². The topological polar surface area (TPSA) is 90.0 Å². The molecule has 158 valence electrons. The Morgan fingerprint density at radius 3 is 2.59 bits per heavy atom. The predicted molar refractivity (Wildman–Crippen MR) is 109 cm³/mol. The molecule has 0 amide bonds. The number of ether oxygens (including phenoxy) is 3. The molecule has 2 heterocycles. The highest BCUT2D eigenvalue weighted by atomic mass is 32.2. The SMILES string of the molecule is CCCN(CCC)S(=O)(=O)NCc1ccnc(OCc2ccc3c(c2)OCO3)c1. The van der Waals surface area contributed by atoms with E-state index in [0.717, 1.165) is 29.7 Å². The van der Waals surface area contributed by atoms with Crippen LogP contribution in [0.15, 0.2) is 36.5 Å². The summed E-state index contributed by atoms with van der Waals surface area (Å²) in [7, 11) is -3.52. The van der Waals surface area contributed by atoms with Crippen molar-refractivity contribution in [1.82, 2.24) is 14.0 Å². The van der Waals surface area contributed by atoms with Crippen LogP contribution >= 0.6 is 0 Å². The van der Waals surface area contributed by atoms with E-state index in [-0.39, 0.29) is 13.3 Å². The largest absolute Gasteiger partial charge is 0.473 e. The van der Waals surface area contributed by atoms with E-state index in [1.807, 2.05) is 32.0 Å². The van der Waals surface area contributed by atoms with Gasteiger partial charge in [-0.15, -0.1) is 0 Å². The predicted octanol–water partition coefficient (Wildman–Crippen LogP) is 2.85. The number of benzene rings is 1. The zero-order chi connectivity index (χ0) is 20.7. The van der Waals surface area contributed by atoms with Gasteiger partial charge in [0, 0.05) is 31.9 Å². The van der Waals surface area contributed by atoms with E-state index in [4.69, 9.17) is 14.2 Å². The van der Waals surface area contributed by atoms with Crippen molar-refractivity contribution in [3.8, 4) is 17.4 Å². The molecule has 29 heavy (non-hydrogen) atoms. The maximum Gasteiger partial charge on any atom is 0.279 e. The summed E-state index contributed by atoms with van der Waals surface area (Å²) in [5, 5.41) is 0. The third-order valence-electron chi connectivity index (χ3n) is 4.37. The molecule has 0 saturated heterocycles. The lowest BCUT2D eigenvalue weighted by Crippen LogP contribution is -2.41. The molecule has 3 rings (SSSR count). The van der Waals surface area contributed by atoms with E-state index in [0.29, 0.717) is 31.3 Å². The van der Waals surface area contributed by atoms with Gasteiger partial charge in [0.25, 0.3) is 10.2 Å².